The number of rotatable bonds is 9. The van der Waals surface area contributed by atoms with Crippen LogP contribution in [0.5, 0.6) is 0 Å². The Morgan fingerprint density at radius 1 is 1.10 bits per heavy atom. The molecule has 6 nitrogen and oxygen atoms in total. The van der Waals surface area contributed by atoms with E-state index < -0.39 is 0 Å². The summed E-state index contributed by atoms with van der Waals surface area (Å²) in [5.74, 6) is -0.359. The van der Waals surface area contributed by atoms with Crippen molar-refractivity contribution in [3.05, 3.63) is 0 Å². The molecule has 6 heteroatoms. The van der Waals surface area contributed by atoms with Crippen molar-refractivity contribution in [1.82, 2.24) is 10.2 Å². The van der Waals surface area contributed by atoms with Gasteiger partial charge in [0.2, 0.25) is 11.8 Å². The highest BCUT2D eigenvalue weighted by Crippen LogP contribution is 2.03. The molecule has 0 aliphatic carbocycles. The topological polar surface area (TPSA) is 92.5 Å². The van der Waals surface area contributed by atoms with Crippen LogP contribution in [0.2, 0.25) is 0 Å². The van der Waals surface area contributed by atoms with E-state index in [2.05, 4.69) is 19.2 Å². The second-order valence-electron chi connectivity index (χ2n) is 5.26. The SMILES string of the molecule is CCCCCCCC(N)=O.CCCCN1CC(=O)NC1=O. The van der Waals surface area contributed by atoms with Crippen LogP contribution in [0.3, 0.4) is 0 Å². The Morgan fingerprint density at radius 2 is 1.71 bits per heavy atom. The van der Waals surface area contributed by atoms with Crippen LogP contribution in [0.4, 0.5) is 4.79 Å². The van der Waals surface area contributed by atoms with Crippen molar-refractivity contribution in [3.63, 3.8) is 0 Å². The quantitative estimate of drug-likeness (QED) is 0.505. The van der Waals surface area contributed by atoms with Crippen molar-refractivity contribution in [2.45, 2.75) is 65.2 Å². The first kappa shape index (κ1) is 19.4. The van der Waals surface area contributed by atoms with Crippen molar-refractivity contribution in [1.29, 1.82) is 0 Å². The zero-order valence-corrected chi connectivity index (χ0v) is 13.3. The summed E-state index contributed by atoms with van der Waals surface area (Å²) < 4.78 is 0. The van der Waals surface area contributed by atoms with Crippen LogP contribution in [-0.4, -0.2) is 35.8 Å². The summed E-state index contributed by atoms with van der Waals surface area (Å²) in [5.41, 5.74) is 4.97. The van der Waals surface area contributed by atoms with Crippen molar-refractivity contribution in [2.24, 2.45) is 5.73 Å². The molecule has 0 bridgehead atoms. The normalized spacial score (nSPS) is 13.7. The van der Waals surface area contributed by atoms with Gasteiger partial charge in [0.25, 0.3) is 0 Å². The first-order valence-electron chi connectivity index (χ1n) is 7.88. The molecular weight excluding hydrogens is 270 g/mol. The maximum absolute atomic E-state index is 10.9. The molecule has 0 radical (unpaired) electrons. The number of hydrogen-bond donors (Lipinski definition) is 2. The van der Waals surface area contributed by atoms with Gasteiger partial charge in [0.1, 0.15) is 6.54 Å². The van der Waals surface area contributed by atoms with Gasteiger partial charge in [-0.2, -0.15) is 0 Å². The number of primary amides is 1. The summed E-state index contributed by atoms with van der Waals surface area (Å²) in [6.45, 7) is 5.15. The number of carbonyl (C=O) groups excluding carboxylic acids is 3. The third-order valence-corrected chi connectivity index (χ3v) is 3.18. The van der Waals surface area contributed by atoms with Crippen LogP contribution in [0.25, 0.3) is 0 Å². The first-order valence-corrected chi connectivity index (χ1v) is 7.88. The fourth-order valence-electron chi connectivity index (χ4n) is 1.92. The maximum Gasteiger partial charge on any atom is 0.324 e. The van der Waals surface area contributed by atoms with Gasteiger partial charge < -0.3 is 10.6 Å². The van der Waals surface area contributed by atoms with E-state index >= 15 is 0 Å². The van der Waals surface area contributed by atoms with Gasteiger partial charge in [-0.1, -0.05) is 46.0 Å². The van der Waals surface area contributed by atoms with E-state index in [1.54, 1.807) is 0 Å². The van der Waals surface area contributed by atoms with Crippen LogP contribution >= 0.6 is 0 Å². The minimum Gasteiger partial charge on any atom is -0.370 e. The van der Waals surface area contributed by atoms with Gasteiger partial charge in [0.05, 0.1) is 0 Å². The van der Waals surface area contributed by atoms with Crippen LogP contribution in [-0.2, 0) is 9.59 Å². The largest absolute Gasteiger partial charge is 0.370 e. The van der Waals surface area contributed by atoms with Gasteiger partial charge in [0.15, 0.2) is 0 Å². The van der Waals surface area contributed by atoms with Crippen molar-refractivity contribution in [2.75, 3.05) is 13.1 Å². The smallest absolute Gasteiger partial charge is 0.324 e. The predicted octanol–water partition coefficient (Wildman–Crippen LogP) is 2.17. The van der Waals surface area contributed by atoms with E-state index in [4.69, 9.17) is 5.73 Å². The summed E-state index contributed by atoms with van der Waals surface area (Å²) in [6, 6.07) is -0.247. The first-order chi connectivity index (χ1) is 10.0. The number of unbranched alkanes of at least 4 members (excludes halogenated alkanes) is 5. The summed E-state index contributed by atoms with van der Waals surface area (Å²) in [4.78, 5) is 33.3. The van der Waals surface area contributed by atoms with Crippen molar-refractivity contribution < 1.29 is 14.4 Å². The number of nitrogens with one attached hydrogen (secondary N) is 1. The summed E-state index contributed by atoms with van der Waals surface area (Å²) >= 11 is 0. The number of amides is 4. The molecule has 1 fully saturated rings. The Kier molecular flexibility index (Phi) is 11.3. The maximum atomic E-state index is 10.9. The highest BCUT2D eigenvalue weighted by molar-refractivity contribution is 6.01. The van der Waals surface area contributed by atoms with E-state index in [1.807, 2.05) is 0 Å². The molecular formula is C15H29N3O3. The van der Waals surface area contributed by atoms with E-state index in [1.165, 1.54) is 24.2 Å². The average Bonchev–Trinajstić information content (AvgIpc) is 2.75. The lowest BCUT2D eigenvalue weighted by Crippen LogP contribution is -2.28. The minimum atomic E-state index is -0.247. The second-order valence-corrected chi connectivity index (χ2v) is 5.26. The van der Waals surface area contributed by atoms with E-state index in [-0.39, 0.29) is 24.4 Å². The van der Waals surface area contributed by atoms with E-state index in [0.717, 1.165) is 25.7 Å². The molecule has 122 valence electrons. The molecule has 21 heavy (non-hydrogen) atoms. The molecule has 0 atom stereocenters. The molecule has 0 saturated carbocycles. The molecule has 4 amide bonds. The average molecular weight is 299 g/mol. The fraction of sp³-hybridized carbons (Fsp3) is 0.800. The number of imide groups is 1. The Hall–Kier alpha value is -1.59. The Balaban J connectivity index is 0.000000384. The molecule has 0 unspecified atom stereocenters. The number of nitrogens with two attached hydrogens (primary N) is 1. The lowest BCUT2D eigenvalue weighted by atomic mass is 10.1. The van der Waals surface area contributed by atoms with Crippen molar-refractivity contribution >= 4 is 17.8 Å². The number of hydrogen-bond acceptors (Lipinski definition) is 3. The summed E-state index contributed by atoms with van der Waals surface area (Å²) in [5, 5.41) is 2.22. The standard InChI is InChI=1S/C8H17NO.C7H12N2O2/c1-2-3-4-5-6-7-8(9)10;1-2-3-4-9-5-6(10)8-7(9)11/h2-7H2,1H3,(H2,9,10);2-5H2,1H3,(H,8,10,11). The molecule has 3 N–H and O–H groups in total. The zero-order chi connectivity index (χ0) is 16.1. The van der Waals surface area contributed by atoms with Gasteiger partial charge in [-0.25, -0.2) is 4.79 Å². The van der Waals surface area contributed by atoms with Crippen molar-refractivity contribution in [3.8, 4) is 0 Å². The van der Waals surface area contributed by atoms with Gasteiger partial charge in [-0.15, -0.1) is 0 Å². The third kappa shape index (κ3) is 10.8. The lowest BCUT2D eigenvalue weighted by molar-refractivity contribution is -0.119. The lowest BCUT2D eigenvalue weighted by Gasteiger charge is -2.10. The van der Waals surface area contributed by atoms with Gasteiger partial charge in [-0.3, -0.25) is 14.9 Å². The predicted molar refractivity (Wildman–Crippen MR) is 82.6 cm³/mol. The molecule has 0 aromatic rings. The van der Waals surface area contributed by atoms with Gasteiger partial charge in [-0.05, 0) is 12.8 Å². The van der Waals surface area contributed by atoms with Crippen LogP contribution < -0.4 is 11.1 Å². The van der Waals surface area contributed by atoms with Gasteiger partial charge in [0, 0.05) is 13.0 Å². The van der Waals surface area contributed by atoms with Crippen LogP contribution in [0.1, 0.15) is 65.2 Å². The second kappa shape index (κ2) is 12.2. The Labute approximate surface area is 127 Å². The molecule has 0 aromatic carbocycles. The molecule has 1 aliphatic heterocycles. The summed E-state index contributed by atoms with van der Waals surface area (Å²) in [7, 11) is 0. The van der Waals surface area contributed by atoms with Crippen LogP contribution in [0, 0.1) is 0 Å². The number of carbonyl (C=O) groups is 3. The minimum absolute atomic E-state index is 0.170. The highest BCUT2D eigenvalue weighted by Gasteiger charge is 2.25. The van der Waals surface area contributed by atoms with Crippen LogP contribution in [0.15, 0.2) is 0 Å². The molecule has 1 saturated heterocycles. The third-order valence-electron chi connectivity index (χ3n) is 3.18. The molecule has 1 aliphatic rings. The Morgan fingerprint density at radius 3 is 2.19 bits per heavy atom. The van der Waals surface area contributed by atoms with E-state index in [0.29, 0.717) is 13.0 Å². The zero-order valence-electron chi connectivity index (χ0n) is 13.3. The number of nitrogens with zero attached hydrogens (tertiary/aromatic N) is 1. The highest BCUT2D eigenvalue weighted by atomic mass is 16.2. The molecule has 1 heterocycles. The van der Waals surface area contributed by atoms with E-state index in [9.17, 15) is 14.4 Å². The molecule has 0 aromatic heterocycles. The van der Waals surface area contributed by atoms with Gasteiger partial charge >= 0.3 is 6.03 Å². The summed E-state index contributed by atoms with van der Waals surface area (Å²) in [6.07, 6.45) is 8.44. The Bertz CT molecular complexity index is 332. The fourth-order valence-corrected chi connectivity index (χ4v) is 1.92. The number of urea groups is 1. The molecule has 1 rings (SSSR count). The molecule has 0 spiro atoms. The monoisotopic (exact) mass is 299 g/mol.